The van der Waals surface area contributed by atoms with E-state index in [0.29, 0.717) is 23.8 Å². The first-order chi connectivity index (χ1) is 15.3. The Labute approximate surface area is 192 Å². The summed E-state index contributed by atoms with van der Waals surface area (Å²) in [5.41, 5.74) is 2.23. The van der Waals surface area contributed by atoms with Crippen LogP contribution < -0.4 is 14.8 Å². The fraction of sp³-hybridized carbons (Fsp3) is 0.292. The summed E-state index contributed by atoms with van der Waals surface area (Å²) in [6, 6.07) is 12.3. The third kappa shape index (κ3) is 4.12. The van der Waals surface area contributed by atoms with Crippen molar-refractivity contribution in [3.05, 3.63) is 63.8 Å². The maximum Gasteiger partial charge on any atom is 0.225 e. The minimum Gasteiger partial charge on any atom is -0.493 e. The number of ether oxygens (including phenoxy) is 2. The number of carbonyl (C=O) groups is 1. The van der Waals surface area contributed by atoms with E-state index < -0.39 is 9.84 Å². The molecule has 0 bridgehead atoms. The molecule has 6 nitrogen and oxygen atoms in total. The molecule has 1 aliphatic rings. The van der Waals surface area contributed by atoms with Gasteiger partial charge in [0.05, 0.1) is 24.3 Å². The normalized spacial score (nSPS) is 15.7. The van der Waals surface area contributed by atoms with Crippen molar-refractivity contribution in [3.63, 3.8) is 0 Å². The zero-order valence-electron chi connectivity index (χ0n) is 18.2. The second-order valence-corrected chi connectivity index (χ2v) is 10.5. The zero-order valence-corrected chi connectivity index (χ0v) is 19.8. The lowest BCUT2D eigenvalue weighted by Crippen LogP contribution is -2.23. The molecule has 0 fully saturated rings. The molecule has 0 aliphatic carbocycles. The number of methoxy groups -OCH3 is 1. The molecule has 2 heterocycles. The fourth-order valence-corrected chi connectivity index (χ4v) is 6.66. The van der Waals surface area contributed by atoms with Gasteiger partial charge in [-0.1, -0.05) is 30.7 Å². The van der Waals surface area contributed by atoms with Crippen molar-refractivity contribution in [1.82, 2.24) is 0 Å². The number of thiophene rings is 1. The van der Waals surface area contributed by atoms with Gasteiger partial charge in [0, 0.05) is 22.6 Å². The van der Waals surface area contributed by atoms with Gasteiger partial charge in [-0.05, 0) is 43.2 Å². The van der Waals surface area contributed by atoms with Crippen molar-refractivity contribution in [2.45, 2.75) is 42.4 Å². The Morgan fingerprint density at radius 2 is 1.88 bits per heavy atom. The number of rotatable bonds is 7. The number of aryl methyl sites for hydroxylation is 1. The topological polar surface area (TPSA) is 81.7 Å². The average molecular weight is 472 g/mol. The fourth-order valence-electron chi connectivity index (χ4n) is 3.75. The van der Waals surface area contributed by atoms with Crippen LogP contribution >= 0.6 is 11.3 Å². The Morgan fingerprint density at radius 3 is 2.56 bits per heavy atom. The molecule has 168 valence electrons. The first-order valence-corrected chi connectivity index (χ1v) is 12.7. The molecular formula is C24H25NO5S2. The molecule has 1 aliphatic heterocycles. The second-order valence-electron chi connectivity index (χ2n) is 7.72. The van der Waals surface area contributed by atoms with Crippen LogP contribution in [-0.2, 0) is 14.6 Å². The van der Waals surface area contributed by atoms with Crippen LogP contribution in [0.15, 0.2) is 57.6 Å². The van der Waals surface area contributed by atoms with Crippen molar-refractivity contribution in [1.29, 1.82) is 0 Å². The third-order valence-electron chi connectivity index (χ3n) is 5.43. The zero-order chi connectivity index (χ0) is 22.9. The molecule has 0 spiro atoms. The molecule has 0 radical (unpaired) electrons. The first kappa shape index (κ1) is 22.4. The summed E-state index contributed by atoms with van der Waals surface area (Å²) in [6.07, 6.45) is 1.11. The number of hydrogen-bond acceptors (Lipinski definition) is 6. The first-order valence-electron chi connectivity index (χ1n) is 10.4. The van der Waals surface area contributed by atoms with E-state index in [9.17, 15) is 13.2 Å². The van der Waals surface area contributed by atoms with Gasteiger partial charge >= 0.3 is 0 Å². The molecule has 8 heteroatoms. The van der Waals surface area contributed by atoms with E-state index in [2.05, 4.69) is 5.32 Å². The van der Waals surface area contributed by atoms with E-state index in [1.54, 1.807) is 36.8 Å². The minimum absolute atomic E-state index is 0.134. The van der Waals surface area contributed by atoms with Gasteiger partial charge in [0.1, 0.15) is 4.90 Å². The summed E-state index contributed by atoms with van der Waals surface area (Å²) in [4.78, 5) is 13.7. The summed E-state index contributed by atoms with van der Waals surface area (Å²) in [5.74, 6) is 0.756. The van der Waals surface area contributed by atoms with E-state index in [0.717, 1.165) is 22.4 Å². The van der Waals surface area contributed by atoms with Gasteiger partial charge < -0.3 is 14.8 Å². The highest BCUT2D eigenvalue weighted by Crippen LogP contribution is 2.47. The number of fused-ring (bicyclic) bond motifs is 1. The van der Waals surface area contributed by atoms with Crippen LogP contribution in [0.3, 0.4) is 0 Å². The predicted molar refractivity (Wildman–Crippen MR) is 125 cm³/mol. The number of sulfone groups is 1. The van der Waals surface area contributed by atoms with E-state index in [1.807, 2.05) is 32.0 Å². The van der Waals surface area contributed by atoms with Gasteiger partial charge in [0.25, 0.3) is 0 Å². The van der Waals surface area contributed by atoms with Crippen molar-refractivity contribution in [3.8, 4) is 11.5 Å². The van der Waals surface area contributed by atoms with Crippen LogP contribution in [0, 0.1) is 6.92 Å². The van der Waals surface area contributed by atoms with E-state index in [4.69, 9.17) is 9.47 Å². The SMILES string of the molecule is CCCOc1ccc(C2CC(=O)Nc3c(S(=O)(=O)c4ccc(C)cc4)csc32)cc1OC. The lowest BCUT2D eigenvalue weighted by molar-refractivity contribution is -0.116. The maximum atomic E-state index is 13.3. The second kappa shape index (κ2) is 8.96. The van der Waals surface area contributed by atoms with Crippen molar-refractivity contribution >= 4 is 32.8 Å². The molecule has 3 aromatic rings. The highest BCUT2D eigenvalue weighted by atomic mass is 32.2. The van der Waals surface area contributed by atoms with Gasteiger partial charge in [-0.15, -0.1) is 11.3 Å². The molecule has 0 saturated heterocycles. The molecule has 1 amide bonds. The summed E-state index contributed by atoms with van der Waals surface area (Å²) < 4.78 is 37.8. The van der Waals surface area contributed by atoms with Gasteiger partial charge in [0.2, 0.25) is 15.7 Å². The van der Waals surface area contributed by atoms with Crippen LogP contribution in [0.1, 0.15) is 41.7 Å². The third-order valence-corrected chi connectivity index (χ3v) is 8.47. The standard InChI is InChI=1S/C24H25NO5S2/c1-4-11-30-19-10-7-16(12-20(19)29-3)18-13-22(26)25-23-21(14-31-24(18)23)32(27,28)17-8-5-15(2)6-9-17/h5-10,12,14,18H,4,11,13H2,1-3H3,(H,25,26). The van der Waals surface area contributed by atoms with Crippen molar-refractivity contribution in [2.75, 3.05) is 19.0 Å². The Morgan fingerprint density at radius 1 is 1.12 bits per heavy atom. The lowest BCUT2D eigenvalue weighted by Gasteiger charge is -2.24. The number of benzene rings is 2. The number of nitrogens with one attached hydrogen (secondary N) is 1. The molecule has 1 aromatic heterocycles. The highest BCUT2D eigenvalue weighted by Gasteiger charge is 2.34. The molecule has 1 unspecified atom stereocenters. The Kier molecular flexibility index (Phi) is 6.26. The van der Waals surface area contributed by atoms with Crippen LogP contribution in [-0.4, -0.2) is 28.0 Å². The Balaban J connectivity index is 1.75. The smallest absolute Gasteiger partial charge is 0.225 e. The summed E-state index contributed by atoms with van der Waals surface area (Å²) in [7, 11) is -2.18. The largest absolute Gasteiger partial charge is 0.493 e. The quantitative estimate of drug-likeness (QED) is 0.515. The summed E-state index contributed by atoms with van der Waals surface area (Å²) in [6.45, 7) is 4.51. The predicted octanol–water partition coefficient (Wildman–Crippen LogP) is 5.16. The van der Waals surface area contributed by atoms with Gasteiger partial charge in [-0.3, -0.25) is 4.79 Å². The van der Waals surface area contributed by atoms with Crippen molar-refractivity contribution < 1.29 is 22.7 Å². The Bertz CT molecular complexity index is 1250. The number of hydrogen-bond donors (Lipinski definition) is 1. The number of carbonyl (C=O) groups excluding carboxylic acids is 1. The van der Waals surface area contributed by atoms with Gasteiger partial charge in [-0.25, -0.2) is 8.42 Å². The highest BCUT2D eigenvalue weighted by molar-refractivity contribution is 7.91. The van der Waals surface area contributed by atoms with Crippen LogP contribution in [0.5, 0.6) is 11.5 Å². The van der Waals surface area contributed by atoms with E-state index in [-0.39, 0.29) is 28.0 Å². The molecular weight excluding hydrogens is 446 g/mol. The molecule has 1 N–H and O–H groups in total. The molecule has 0 saturated carbocycles. The summed E-state index contributed by atoms with van der Waals surface area (Å²) >= 11 is 1.35. The lowest BCUT2D eigenvalue weighted by atomic mass is 9.90. The molecule has 32 heavy (non-hydrogen) atoms. The average Bonchev–Trinajstić information content (AvgIpc) is 3.22. The van der Waals surface area contributed by atoms with Crippen molar-refractivity contribution in [2.24, 2.45) is 0 Å². The van der Waals surface area contributed by atoms with Gasteiger partial charge in [0.15, 0.2) is 11.5 Å². The number of anilines is 1. The van der Waals surface area contributed by atoms with Gasteiger partial charge in [-0.2, -0.15) is 0 Å². The van der Waals surface area contributed by atoms with Crippen LogP contribution in [0.4, 0.5) is 5.69 Å². The monoisotopic (exact) mass is 471 g/mol. The number of amides is 1. The van der Waals surface area contributed by atoms with Crippen LogP contribution in [0.2, 0.25) is 0 Å². The summed E-state index contributed by atoms with van der Waals surface area (Å²) in [5, 5.41) is 4.42. The molecule has 1 atom stereocenters. The minimum atomic E-state index is -3.76. The Hall–Kier alpha value is -2.84. The molecule has 2 aromatic carbocycles. The van der Waals surface area contributed by atoms with E-state index >= 15 is 0 Å². The van der Waals surface area contributed by atoms with Crippen LogP contribution in [0.25, 0.3) is 0 Å². The maximum absolute atomic E-state index is 13.3. The van der Waals surface area contributed by atoms with E-state index in [1.165, 1.54) is 11.3 Å². The molecule has 4 rings (SSSR count).